The fourth-order valence-electron chi connectivity index (χ4n) is 2.31. The van der Waals surface area contributed by atoms with Gasteiger partial charge in [-0.25, -0.2) is 8.42 Å². The number of para-hydroxylation sites is 1. The highest BCUT2D eigenvalue weighted by Gasteiger charge is 2.38. The normalized spacial score (nSPS) is 18.5. The van der Waals surface area contributed by atoms with Crippen molar-refractivity contribution in [2.24, 2.45) is 0 Å². The van der Waals surface area contributed by atoms with E-state index in [9.17, 15) is 13.5 Å². The summed E-state index contributed by atoms with van der Waals surface area (Å²) in [6.45, 7) is 4.57. The predicted octanol–water partition coefficient (Wildman–Crippen LogP) is 1.44. The fraction of sp³-hybridized carbons (Fsp3) is 0.538. The lowest BCUT2D eigenvalue weighted by Crippen LogP contribution is -2.60. The fourth-order valence-corrected chi connectivity index (χ4v) is 3.87. The Labute approximate surface area is 108 Å². The van der Waals surface area contributed by atoms with Gasteiger partial charge in [0.1, 0.15) is 0 Å². The molecule has 0 aliphatic carbocycles. The van der Waals surface area contributed by atoms with Crippen LogP contribution in [0.25, 0.3) is 0 Å². The standard InChI is InChI=1S/C13H19NO3S/c1-3-8-18(16,17)12-7-5-4-6-11(12)14-9-13(2,15)10-14/h4-7,15H,3,8-10H2,1-2H3. The van der Waals surface area contributed by atoms with Crippen molar-refractivity contribution in [1.82, 2.24) is 0 Å². The number of aliphatic hydroxyl groups is 1. The second-order valence-corrected chi connectivity index (χ2v) is 7.22. The van der Waals surface area contributed by atoms with Crippen LogP contribution in [-0.2, 0) is 9.84 Å². The van der Waals surface area contributed by atoms with Gasteiger partial charge < -0.3 is 10.0 Å². The van der Waals surface area contributed by atoms with E-state index in [0.29, 0.717) is 30.1 Å². The SMILES string of the molecule is CCCS(=O)(=O)c1ccccc1N1CC(C)(O)C1. The van der Waals surface area contributed by atoms with Gasteiger partial charge in [-0.1, -0.05) is 19.1 Å². The molecule has 1 aliphatic heterocycles. The summed E-state index contributed by atoms with van der Waals surface area (Å²) in [5.74, 6) is 0.161. The van der Waals surface area contributed by atoms with Crippen LogP contribution in [0.3, 0.4) is 0 Å². The Hall–Kier alpha value is -1.07. The van der Waals surface area contributed by atoms with E-state index in [1.807, 2.05) is 17.9 Å². The summed E-state index contributed by atoms with van der Waals surface area (Å²) in [6.07, 6.45) is 0.606. The van der Waals surface area contributed by atoms with Gasteiger partial charge in [0.15, 0.2) is 9.84 Å². The first kappa shape index (κ1) is 13.4. The van der Waals surface area contributed by atoms with E-state index in [2.05, 4.69) is 0 Å². The van der Waals surface area contributed by atoms with Crippen LogP contribution in [0.4, 0.5) is 5.69 Å². The summed E-state index contributed by atoms with van der Waals surface area (Å²) in [4.78, 5) is 2.28. The topological polar surface area (TPSA) is 57.6 Å². The van der Waals surface area contributed by atoms with Gasteiger partial charge >= 0.3 is 0 Å². The second-order valence-electron chi connectivity index (χ2n) is 5.14. The zero-order valence-electron chi connectivity index (χ0n) is 10.8. The maximum Gasteiger partial charge on any atom is 0.180 e. The highest BCUT2D eigenvalue weighted by Crippen LogP contribution is 2.32. The molecule has 1 saturated heterocycles. The molecule has 2 rings (SSSR count). The van der Waals surface area contributed by atoms with Crippen molar-refractivity contribution in [3.63, 3.8) is 0 Å². The monoisotopic (exact) mass is 269 g/mol. The van der Waals surface area contributed by atoms with Crippen LogP contribution in [0.1, 0.15) is 20.3 Å². The lowest BCUT2D eigenvalue weighted by Gasteiger charge is -2.46. The quantitative estimate of drug-likeness (QED) is 0.898. The molecule has 1 N–H and O–H groups in total. The number of nitrogens with zero attached hydrogens (tertiary/aromatic N) is 1. The van der Waals surface area contributed by atoms with Crippen molar-refractivity contribution >= 4 is 15.5 Å². The van der Waals surface area contributed by atoms with E-state index in [1.54, 1.807) is 25.1 Å². The number of β-amino-alcohol motifs (C(OH)–C–C–N with tert-alkyl or cyclic N) is 1. The van der Waals surface area contributed by atoms with Gasteiger partial charge in [-0.2, -0.15) is 0 Å². The van der Waals surface area contributed by atoms with E-state index in [-0.39, 0.29) is 5.75 Å². The zero-order chi connectivity index (χ0) is 13.4. The molecule has 0 spiro atoms. The molecule has 0 radical (unpaired) electrons. The van der Waals surface area contributed by atoms with Gasteiger partial charge in [0, 0.05) is 13.1 Å². The first-order valence-corrected chi connectivity index (χ1v) is 7.80. The minimum Gasteiger partial charge on any atom is -0.386 e. The van der Waals surface area contributed by atoms with Crippen LogP contribution in [-0.4, -0.2) is 38.0 Å². The van der Waals surface area contributed by atoms with Gasteiger partial charge in [-0.3, -0.25) is 0 Å². The molecular weight excluding hydrogens is 250 g/mol. The number of anilines is 1. The molecular formula is C13H19NO3S. The van der Waals surface area contributed by atoms with Crippen LogP contribution in [0.2, 0.25) is 0 Å². The maximum atomic E-state index is 12.2. The van der Waals surface area contributed by atoms with Gasteiger partial charge in [0.25, 0.3) is 0 Å². The average molecular weight is 269 g/mol. The van der Waals surface area contributed by atoms with Crippen LogP contribution in [0, 0.1) is 0 Å². The molecule has 0 aromatic heterocycles. The van der Waals surface area contributed by atoms with Crippen LogP contribution in [0.15, 0.2) is 29.2 Å². The molecule has 18 heavy (non-hydrogen) atoms. The molecule has 1 heterocycles. The molecule has 1 aliphatic rings. The molecule has 0 amide bonds. The highest BCUT2D eigenvalue weighted by molar-refractivity contribution is 7.91. The van der Waals surface area contributed by atoms with E-state index in [0.717, 1.165) is 0 Å². The third-order valence-corrected chi connectivity index (χ3v) is 5.04. The van der Waals surface area contributed by atoms with Gasteiger partial charge in [0.05, 0.1) is 21.9 Å². The maximum absolute atomic E-state index is 12.2. The smallest absolute Gasteiger partial charge is 0.180 e. The Kier molecular flexibility index (Phi) is 3.38. The molecule has 5 heteroatoms. The minimum atomic E-state index is -3.22. The Morgan fingerprint density at radius 3 is 2.50 bits per heavy atom. The summed E-state index contributed by atoms with van der Waals surface area (Å²) < 4.78 is 24.3. The Morgan fingerprint density at radius 1 is 1.33 bits per heavy atom. The van der Waals surface area contributed by atoms with Crippen molar-refractivity contribution in [2.75, 3.05) is 23.7 Å². The molecule has 0 unspecified atom stereocenters. The second kappa shape index (κ2) is 4.55. The lowest BCUT2D eigenvalue weighted by molar-refractivity contribution is 0.0307. The zero-order valence-corrected chi connectivity index (χ0v) is 11.6. The Bertz CT molecular complexity index is 529. The number of benzene rings is 1. The van der Waals surface area contributed by atoms with E-state index in [4.69, 9.17) is 0 Å². The summed E-state index contributed by atoms with van der Waals surface area (Å²) in [7, 11) is -3.22. The highest BCUT2D eigenvalue weighted by atomic mass is 32.2. The molecule has 1 aromatic carbocycles. The van der Waals surface area contributed by atoms with Crippen molar-refractivity contribution in [3.8, 4) is 0 Å². The average Bonchev–Trinajstić information content (AvgIpc) is 2.26. The van der Waals surface area contributed by atoms with Crippen LogP contribution in [0.5, 0.6) is 0 Å². The van der Waals surface area contributed by atoms with E-state index in [1.165, 1.54) is 0 Å². The number of sulfone groups is 1. The predicted molar refractivity (Wildman–Crippen MR) is 71.6 cm³/mol. The first-order valence-electron chi connectivity index (χ1n) is 6.15. The minimum absolute atomic E-state index is 0.161. The number of hydrogen-bond donors (Lipinski definition) is 1. The summed E-state index contributed by atoms with van der Waals surface area (Å²) in [5, 5.41) is 9.75. The number of rotatable bonds is 4. The van der Waals surface area contributed by atoms with Crippen molar-refractivity contribution in [2.45, 2.75) is 30.8 Å². The van der Waals surface area contributed by atoms with Crippen LogP contribution < -0.4 is 4.90 Å². The molecule has 1 fully saturated rings. The number of hydrogen-bond acceptors (Lipinski definition) is 4. The largest absolute Gasteiger partial charge is 0.386 e. The van der Waals surface area contributed by atoms with Crippen LogP contribution >= 0.6 is 0 Å². The summed E-state index contributed by atoms with van der Waals surface area (Å²) >= 11 is 0. The molecule has 1 aromatic rings. The molecule has 0 saturated carbocycles. The van der Waals surface area contributed by atoms with Crippen molar-refractivity contribution in [3.05, 3.63) is 24.3 Å². The summed E-state index contributed by atoms with van der Waals surface area (Å²) in [6, 6.07) is 7.02. The summed E-state index contributed by atoms with van der Waals surface area (Å²) in [5.41, 5.74) is -0.000721. The Morgan fingerprint density at radius 2 is 1.94 bits per heavy atom. The first-order chi connectivity index (χ1) is 8.36. The molecule has 100 valence electrons. The Balaban J connectivity index is 2.33. The lowest BCUT2D eigenvalue weighted by atomic mass is 9.96. The van der Waals surface area contributed by atoms with E-state index >= 15 is 0 Å². The van der Waals surface area contributed by atoms with Gasteiger partial charge in [0.2, 0.25) is 0 Å². The third kappa shape index (κ3) is 2.52. The molecule has 0 bridgehead atoms. The van der Waals surface area contributed by atoms with Gasteiger partial charge in [-0.15, -0.1) is 0 Å². The van der Waals surface area contributed by atoms with E-state index < -0.39 is 15.4 Å². The van der Waals surface area contributed by atoms with Crippen molar-refractivity contribution < 1.29 is 13.5 Å². The molecule has 4 nitrogen and oxygen atoms in total. The molecule has 0 atom stereocenters. The van der Waals surface area contributed by atoms with Crippen molar-refractivity contribution in [1.29, 1.82) is 0 Å². The third-order valence-electron chi connectivity index (χ3n) is 3.08. The van der Waals surface area contributed by atoms with Gasteiger partial charge in [-0.05, 0) is 25.5 Å².